The summed E-state index contributed by atoms with van der Waals surface area (Å²) >= 11 is 0. The van der Waals surface area contributed by atoms with E-state index in [1.807, 2.05) is 42.2 Å². The minimum absolute atomic E-state index is 0.0350. The molecule has 0 fully saturated rings. The zero-order valence-corrected chi connectivity index (χ0v) is 17.1. The second kappa shape index (κ2) is 8.96. The molecule has 0 aromatic heterocycles. The lowest BCUT2D eigenvalue weighted by Crippen LogP contribution is -2.24. The lowest BCUT2D eigenvalue weighted by molar-refractivity contribution is 0.0697. The van der Waals surface area contributed by atoms with Gasteiger partial charge in [-0.05, 0) is 48.9 Å². The highest BCUT2D eigenvalue weighted by atomic mass is 32.2. The van der Waals surface area contributed by atoms with Crippen LogP contribution in [-0.4, -0.2) is 26.0 Å². The molecular weight excluding hydrogens is 407 g/mol. The lowest BCUT2D eigenvalue weighted by Gasteiger charge is -2.25. The predicted molar refractivity (Wildman–Crippen MR) is 114 cm³/mol. The Morgan fingerprint density at radius 2 is 1.77 bits per heavy atom. The molecule has 6 nitrogen and oxygen atoms in total. The van der Waals surface area contributed by atoms with Crippen LogP contribution in [0.3, 0.4) is 0 Å². The summed E-state index contributed by atoms with van der Waals surface area (Å²) in [6, 6.07) is 18.5. The van der Waals surface area contributed by atoms with Crippen molar-refractivity contribution in [1.29, 1.82) is 0 Å². The molecule has 30 heavy (non-hydrogen) atoms. The largest absolute Gasteiger partial charge is 0.478 e. The van der Waals surface area contributed by atoms with Gasteiger partial charge in [0.05, 0.1) is 16.1 Å². The van der Waals surface area contributed by atoms with Gasteiger partial charge in [0.15, 0.2) is 0 Å². The molecule has 0 heterocycles. The van der Waals surface area contributed by atoms with Crippen LogP contribution in [0.15, 0.2) is 77.7 Å². The summed E-state index contributed by atoms with van der Waals surface area (Å²) in [4.78, 5) is 13.5. The van der Waals surface area contributed by atoms with Crippen LogP contribution in [0.4, 0.5) is 15.8 Å². The molecule has 0 aliphatic heterocycles. The van der Waals surface area contributed by atoms with Gasteiger partial charge >= 0.3 is 5.97 Å². The standard InChI is InChI=1S/C22H21FN2O4S/c1-2-25(15-16-7-4-3-5-8-16)21-12-11-18(14-20(21)22(26)27)24-30(28,29)19-10-6-9-17(23)13-19/h3-14,24H,2,15H2,1H3,(H,26,27). The number of hydrogen-bond donors (Lipinski definition) is 2. The normalized spacial score (nSPS) is 11.1. The fourth-order valence-electron chi connectivity index (χ4n) is 3.07. The second-order valence-electron chi connectivity index (χ2n) is 6.60. The van der Waals surface area contributed by atoms with Crippen molar-refractivity contribution in [3.05, 3.63) is 89.7 Å². The summed E-state index contributed by atoms with van der Waals surface area (Å²) in [5.41, 5.74) is 1.54. The molecule has 0 aliphatic rings. The minimum Gasteiger partial charge on any atom is -0.478 e. The van der Waals surface area contributed by atoms with E-state index in [-0.39, 0.29) is 16.1 Å². The number of carbonyl (C=O) groups is 1. The van der Waals surface area contributed by atoms with Crippen molar-refractivity contribution < 1.29 is 22.7 Å². The van der Waals surface area contributed by atoms with Crippen LogP contribution in [0.25, 0.3) is 0 Å². The number of aromatic carboxylic acids is 1. The summed E-state index contributed by atoms with van der Waals surface area (Å²) in [7, 11) is -4.06. The molecule has 3 aromatic rings. The lowest BCUT2D eigenvalue weighted by atomic mass is 10.1. The molecule has 3 rings (SSSR count). The van der Waals surface area contributed by atoms with Crippen LogP contribution < -0.4 is 9.62 Å². The van der Waals surface area contributed by atoms with Gasteiger partial charge in [0.1, 0.15) is 5.82 Å². The van der Waals surface area contributed by atoms with E-state index in [1.54, 1.807) is 6.07 Å². The predicted octanol–water partition coefficient (Wildman–Crippen LogP) is 4.35. The first-order chi connectivity index (χ1) is 14.3. The van der Waals surface area contributed by atoms with Gasteiger partial charge in [-0.1, -0.05) is 36.4 Å². The number of benzene rings is 3. The van der Waals surface area contributed by atoms with E-state index >= 15 is 0 Å². The number of carboxylic acids is 1. The van der Waals surface area contributed by atoms with Crippen LogP contribution in [0, 0.1) is 5.82 Å². The maximum Gasteiger partial charge on any atom is 0.337 e. The molecule has 0 amide bonds. The quantitative estimate of drug-likeness (QED) is 0.557. The average Bonchev–Trinajstić information content (AvgIpc) is 2.72. The van der Waals surface area contributed by atoms with Crippen molar-refractivity contribution in [2.75, 3.05) is 16.2 Å². The average molecular weight is 428 g/mol. The van der Waals surface area contributed by atoms with E-state index in [9.17, 15) is 22.7 Å². The van der Waals surface area contributed by atoms with Gasteiger partial charge in [0.2, 0.25) is 0 Å². The highest BCUT2D eigenvalue weighted by Crippen LogP contribution is 2.27. The third-order valence-electron chi connectivity index (χ3n) is 4.52. The molecule has 8 heteroatoms. The van der Waals surface area contributed by atoms with Gasteiger partial charge in [-0.25, -0.2) is 17.6 Å². The third-order valence-corrected chi connectivity index (χ3v) is 5.90. The van der Waals surface area contributed by atoms with Gasteiger partial charge in [-0.15, -0.1) is 0 Å². The van der Waals surface area contributed by atoms with Crippen LogP contribution in [0.2, 0.25) is 0 Å². The molecule has 0 atom stereocenters. The highest BCUT2D eigenvalue weighted by Gasteiger charge is 2.19. The Bertz CT molecular complexity index is 1150. The molecule has 0 saturated carbocycles. The SMILES string of the molecule is CCN(Cc1ccccc1)c1ccc(NS(=O)(=O)c2cccc(F)c2)cc1C(=O)O. The number of halogens is 1. The monoisotopic (exact) mass is 428 g/mol. The summed E-state index contributed by atoms with van der Waals surface area (Å²) in [5, 5.41) is 9.70. The van der Waals surface area contributed by atoms with Gasteiger partial charge < -0.3 is 10.0 Å². The van der Waals surface area contributed by atoms with Crippen molar-refractivity contribution in [3.8, 4) is 0 Å². The number of anilines is 2. The van der Waals surface area contributed by atoms with Crippen LogP contribution in [-0.2, 0) is 16.6 Å². The molecule has 0 bridgehead atoms. The van der Waals surface area contributed by atoms with E-state index in [0.717, 1.165) is 17.7 Å². The fourth-order valence-corrected chi connectivity index (χ4v) is 4.15. The van der Waals surface area contributed by atoms with Crippen molar-refractivity contribution in [1.82, 2.24) is 0 Å². The van der Waals surface area contributed by atoms with Gasteiger partial charge in [0, 0.05) is 18.8 Å². The van der Waals surface area contributed by atoms with Gasteiger partial charge in [0.25, 0.3) is 10.0 Å². The Kier molecular flexibility index (Phi) is 6.37. The smallest absolute Gasteiger partial charge is 0.337 e. The van der Waals surface area contributed by atoms with E-state index in [1.165, 1.54) is 24.3 Å². The first-order valence-electron chi connectivity index (χ1n) is 9.25. The summed E-state index contributed by atoms with van der Waals surface area (Å²) < 4.78 is 40.7. The Labute approximate surface area is 174 Å². The van der Waals surface area contributed by atoms with E-state index in [2.05, 4.69) is 4.72 Å². The number of rotatable bonds is 8. The molecule has 3 aromatic carbocycles. The molecule has 156 valence electrons. The Morgan fingerprint density at radius 1 is 1.03 bits per heavy atom. The second-order valence-corrected chi connectivity index (χ2v) is 8.28. The van der Waals surface area contributed by atoms with Crippen molar-refractivity contribution in [3.63, 3.8) is 0 Å². The van der Waals surface area contributed by atoms with Crippen LogP contribution >= 0.6 is 0 Å². The highest BCUT2D eigenvalue weighted by molar-refractivity contribution is 7.92. The van der Waals surface area contributed by atoms with Crippen molar-refractivity contribution in [2.24, 2.45) is 0 Å². The maximum absolute atomic E-state index is 13.4. The number of nitrogens with zero attached hydrogens (tertiary/aromatic N) is 1. The Balaban J connectivity index is 1.92. The minimum atomic E-state index is -4.06. The van der Waals surface area contributed by atoms with Crippen molar-refractivity contribution >= 4 is 27.4 Å². The number of nitrogens with one attached hydrogen (secondary N) is 1. The molecule has 0 spiro atoms. The first-order valence-corrected chi connectivity index (χ1v) is 10.7. The number of hydrogen-bond acceptors (Lipinski definition) is 4. The topological polar surface area (TPSA) is 86.7 Å². The zero-order chi connectivity index (χ0) is 21.7. The molecule has 0 radical (unpaired) electrons. The van der Waals surface area contributed by atoms with Crippen LogP contribution in [0.5, 0.6) is 0 Å². The third kappa shape index (κ3) is 4.96. The summed E-state index contributed by atoms with van der Waals surface area (Å²) in [6.45, 7) is 2.98. The number of sulfonamides is 1. The Hall–Kier alpha value is -3.39. The Morgan fingerprint density at radius 3 is 2.40 bits per heavy atom. The number of carboxylic acid groups (broad SMARTS) is 1. The maximum atomic E-state index is 13.4. The molecule has 0 saturated heterocycles. The zero-order valence-electron chi connectivity index (χ0n) is 16.2. The molecule has 2 N–H and O–H groups in total. The first kappa shape index (κ1) is 21.3. The van der Waals surface area contributed by atoms with Gasteiger partial charge in [-0.2, -0.15) is 0 Å². The molecular formula is C22H21FN2O4S. The summed E-state index contributed by atoms with van der Waals surface area (Å²) in [5.74, 6) is -1.86. The van der Waals surface area contributed by atoms with E-state index < -0.39 is 21.8 Å². The molecule has 0 unspecified atom stereocenters. The van der Waals surface area contributed by atoms with Crippen molar-refractivity contribution in [2.45, 2.75) is 18.4 Å². The fraction of sp³-hybridized carbons (Fsp3) is 0.136. The van der Waals surface area contributed by atoms with E-state index in [0.29, 0.717) is 18.8 Å². The van der Waals surface area contributed by atoms with E-state index in [4.69, 9.17) is 0 Å². The molecule has 0 aliphatic carbocycles. The van der Waals surface area contributed by atoms with Gasteiger partial charge in [-0.3, -0.25) is 4.72 Å². The van der Waals surface area contributed by atoms with Crippen LogP contribution in [0.1, 0.15) is 22.8 Å². The summed E-state index contributed by atoms with van der Waals surface area (Å²) in [6.07, 6.45) is 0.